The number of aromatic amines is 1. The fraction of sp³-hybridized carbons (Fsp3) is 0.118. The molecule has 1 aromatic carbocycles. The number of hydrogen-bond acceptors (Lipinski definition) is 5. The highest BCUT2D eigenvalue weighted by Crippen LogP contribution is 2.09. The Hall–Kier alpha value is -2.93. The molecule has 1 amide bonds. The third kappa shape index (κ3) is 3.69. The molecule has 3 aromatic rings. The van der Waals surface area contributed by atoms with Gasteiger partial charge in [0.05, 0.1) is 6.54 Å². The highest BCUT2D eigenvalue weighted by atomic mass is 32.1. The van der Waals surface area contributed by atoms with Crippen LogP contribution in [-0.4, -0.2) is 23.5 Å². The fourth-order valence-corrected chi connectivity index (χ4v) is 2.81. The van der Waals surface area contributed by atoms with Crippen LogP contribution >= 0.6 is 11.3 Å². The van der Waals surface area contributed by atoms with E-state index in [1.807, 2.05) is 17.5 Å². The maximum Gasteiger partial charge on any atom is 0.355 e. The van der Waals surface area contributed by atoms with Crippen molar-refractivity contribution in [3.8, 4) is 0 Å². The summed E-state index contributed by atoms with van der Waals surface area (Å²) in [7, 11) is 0. The molecule has 0 aliphatic carbocycles. The lowest BCUT2D eigenvalue weighted by atomic mass is 10.2. The Kier molecular flexibility index (Phi) is 4.72. The normalized spacial score (nSPS) is 10.5. The van der Waals surface area contributed by atoms with Crippen molar-refractivity contribution in [3.63, 3.8) is 0 Å². The van der Waals surface area contributed by atoms with Crippen molar-refractivity contribution in [2.45, 2.75) is 6.54 Å². The van der Waals surface area contributed by atoms with Crippen LogP contribution in [0.25, 0.3) is 10.9 Å². The maximum atomic E-state index is 12.0. The van der Waals surface area contributed by atoms with E-state index in [9.17, 15) is 14.4 Å². The molecule has 2 N–H and O–H groups in total. The number of rotatable bonds is 5. The minimum atomic E-state index is -0.746. The summed E-state index contributed by atoms with van der Waals surface area (Å²) in [5.41, 5.74) is 0.280. The van der Waals surface area contributed by atoms with Crippen LogP contribution in [0.2, 0.25) is 0 Å². The molecule has 2 aromatic heterocycles. The highest BCUT2D eigenvalue weighted by Gasteiger charge is 2.13. The summed E-state index contributed by atoms with van der Waals surface area (Å²) in [6.07, 6.45) is 0. The number of benzene rings is 1. The van der Waals surface area contributed by atoms with Crippen LogP contribution in [0.3, 0.4) is 0 Å². The first kappa shape index (κ1) is 15.9. The molecule has 0 fully saturated rings. The maximum absolute atomic E-state index is 12.0. The summed E-state index contributed by atoms with van der Waals surface area (Å²) in [5.74, 6) is -1.15. The van der Waals surface area contributed by atoms with Crippen LogP contribution < -0.4 is 10.7 Å². The van der Waals surface area contributed by atoms with E-state index < -0.39 is 18.5 Å². The number of aromatic nitrogens is 1. The molecule has 24 heavy (non-hydrogen) atoms. The first-order chi connectivity index (χ1) is 11.6. The van der Waals surface area contributed by atoms with Crippen molar-refractivity contribution >= 4 is 34.1 Å². The zero-order valence-corrected chi connectivity index (χ0v) is 13.4. The smallest absolute Gasteiger partial charge is 0.355 e. The Labute approximate surface area is 141 Å². The van der Waals surface area contributed by atoms with Crippen molar-refractivity contribution in [2.24, 2.45) is 0 Å². The number of thiophene rings is 1. The van der Waals surface area contributed by atoms with E-state index in [1.54, 1.807) is 24.3 Å². The lowest BCUT2D eigenvalue weighted by molar-refractivity contribution is -0.124. The lowest BCUT2D eigenvalue weighted by Gasteiger charge is -2.06. The van der Waals surface area contributed by atoms with Gasteiger partial charge < -0.3 is 15.0 Å². The van der Waals surface area contributed by atoms with Crippen LogP contribution in [0.15, 0.2) is 52.6 Å². The molecule has 7 heteroatoms. The Morgan fingerprint density at radius 1 is 1.17 bits per heavy atom. The predicted octanol–water partition coefficient (Wildman–Crippen LogP) is 2.06. The average Bonchev–Trinajstić information content (AvgIpc) is 3.11. The molecule has 0 saturated heterocycles. The summed E-state index contributed by atoms with van der Waals surface area (Å²) < 4.78 is 4.95. The topological polar surface area (TPSA) is 88.3 Å². The summed E-state index contributed by atoms with van der Waals surface area (Å²) >= 11 is 1.53. The van der Waals surface area contributed by atoms with Gasteiger partial charge in [0.25, 0.3) is 5.91 Å². The van der Waals surface area contributed by atoms with Crippen LogP contribution in [-0.2, 0) is 16.1 Å². The summed E-state index contributed by atoms with van der Waals surface area (Å²) in [6.45, 7) is -0.0140. The molecule has 0 aliphatic rings. The number of nitrogens with one attached hydrogen (secondary N) is 2. The number of carbonyl (C=O) groups excluding carboxylic acids is 2. The molecule has 6 nitrogen and oxygen atoms in total. The fourth-order valence-electron chi connectivity index (χ4n) is 2.17. The monoisotopic (exact) mass is 342 g/mol. The molecule has 0 atom stereocenters. The predicted molar refractivity (Wildman–Crippen MR) is 91.0 cm³/mol. The van der Waals surface area contributed by atoms with E-state index in [-0.39, 0.29) is 11.1 Å². The summed E-state index contributed by atoms with van der Waals surface area (Å²) in [4.78, 5) is 39.5. The zero-order valence-electron chi connectivity index (χ0n) is 12.6. The number of H-pyrrole nitrogens is 1. The third-order valence-corrected chi connectivity index (χ3v) is 4.21. The van der Waals surface area contributed by atoms with Crippen LogP contribution in [0.1, 0.15) is 15.4 Å². The molecular weight excluding hydrogens is 328 g/mol. The molecule has 0 saturated carbocycles. The number of carbonyl (C=O) groups is 2. The molecule has 0 aliphatic heterocycles. The van der Waals surface area contributed by atoms with Crippen molar-refractivity contribution in [3.05, 3.63) is 68.6 Å². The van der Waals surface area contributed by atoms with Gasteiger partial charge in [-0.2, -0.15) is 0 Å². The van der Waals surface area contributed by atoms with Crippen molar-refractivity contribution in [1.82, 2.24) is 10.3 Å². The Morgan fingerprint density at radius 2 is 2.00 bits per heavy atom. The molecule has 0 bridgehead atoms. The molecular formula is C17H14N2O4S. The van der Waals surface area contributed by atoms with Crippen molar-refractivity contribution in [1.29, 1.82) is 0 Å². The van der Waals surface area contributed by atoms with Gasteiger partial charge in [0.2, 0.25) is 0 Å². The average molecular weight is 342 g/mol. The van der Waals surface area contributed by atoms with E-state index in [0.717, 1.165) is 4.88 Å². The van der Waals surface area contributed by atoms with Gasteiger partial charge in [-0.05, 0) is 23.6 Å². The van der Waals surface area contributed by atoms with E-state index in [0.29, 0.717) is 17.4 Å². The molecule has 3 rings (SSSR count). The molecule has 122 valence electrons. The molecule has 2 heterocycles. The Bertz CT molecular complexity index is 931. The standard InChI is InChI=1S/C17H14N2O4S/c20-15-8-14(19-13-6-2-1-5-12(13)15)17(22)23-10-16(21)18-9-11-4-3-7-24-11/h1-8H,9-10H2,(H,18,21)(H,19,20). The van der Waals surface area contributed by atoms with Gasteiger partial charge >= 0.3 is 5.97 Å². The van der Waals surface area contributed by atoms with Gasteiger partial charge in [-0.3, -0.25) is 9.59 Å². The Morgan fingerprint density at radius 3 is 2.79 bits per heavy atom. The van der Waals surface area contributed by atoms with E-state index in [4.69, 9.17) is 4.74 Å². The molecule has 0 radical (unpaired) electrons. The second-order valence-electron chi connectivity index (χ2n) is 5.03. The van der Waals surface area contributed by atoms with Gasteiger partial charge in [0.1, 0.15) is 5.69 Å². The largest absolute Gasteiger partial charge is 0.451 e. The number of esters is 1. The number of fused-ring (bicyclic) bond motifs is 1. The minimum Gasteiger partial charge on any atom is -0.451 e. The van der Waals surface area contributed by atoms with Gasteiger partial charge in [-0.1, -0.05) is 18.2 Å². The zero-order chi connectivity index (χ0) is 16.9. The minimum absolute atomic E-state index is 0.0183. The number of para-hydroxylation sites is 1. The van der Waals surface area contributed by atoms with Crippen LogP contribution in [0, 0.1) is 0 Å². The number of ether oxygens (including phenoxy) is 1. The van der Waals surface area contributed by atoms with Crippen molar-refractivity contribution < 1.29 is 14.3 Å². The van der Waals surface area contributed by atoms with Crippen LogP contribution in [0.4, 0.5) is 0 Å². The summed E-state index contributed by atoms with van der Waals surface area (Å²) in [5, 5.41) is 5.06. The number of pyridine rings is 1. The van der Waals surface area contributed by atoms with E-state index >= 15 is 0 Å². The van der Waals surface area contributed by atoms with Crippen LogP contribution in [0.5, 0.6) is 0 Å². The SMILES string of the molecule is O=C(COC(=O)c1cc(=O)c2ccccc2[nH]1)NCc1cccs1. The van der Waals surface area contributed by atoms with Gasteiger partial charge in [-0.25, -0.2) is 4.79 Å². The third-order valence-electron chi connectivity index (χ3n) is 3.33. The molecule has 0 spiro atoms. The second kappa shape index (κ2) is 7.10. The first-order valence-corrected chi connectivity index (χ1v) is 8.10. The number of amides is 1. The highest BCUT2D eigenvalue weighted by molar-refractivity contribution is 7.09. The first-order valence-electron chi connectivity index (χ1n) is 7.22. The summed E-state index contributed by atoms with van der Waals surface area (Å²) in [6, 6.07) is 11.8. The molecule has 0 unspecified atom stereocenters. The van der Waals surface area contributed by atoms with E-state index in [1.165, 1.54) is 17.4 Å². The number of hydrogen-bond donors (Lipinski definition) is 2. The van der Waals surface area contributed by atoms with Gasteiger partial charge in [0.15, 0.2) is 12.0 Å². The van der Waals surface area contributed by atoms with Gasteiger partial charge in [0, 0.05) is 21.8 Å². The quantitative estimate of drug-likeness (QED) is 0.695. The van der Waals surface area contributed by atoms with Crippen molar-refractivity contribution in [2.75, 3.05) is 6.61 Å². The lowest BCUT2D eigenvalue weighted by Crippen LogP contribution is -2.28. The second-order valence-corrected chi connectivity index (χ2v) is 6.06. The van der Waals surface area contributed by atoms with Gasteiger partial charge in [-0.15, -0.1) is 11.3 Å². The van der Waals surface area contributed by atoms with E-state index in [2.05, 4.69) is 10.3 Å². The Balaban J connectivity index is 1.60.